The van der Waals surface area contributed by atoms with Crippen LogP contribution in [0.2, 0.25) is 0 Å². The Bertz CT molecular complexity index is 643. The average Bonchev–Trinajstić information content (AvgIpc) is 2.51. The Hall–Kier alpha value is -1.85. The number of nitrogens with two attached hydrogens (primary N) is 1. The standard InChI is InChI=1S/C18H27N3O2/c1-3-4-5-13(9-11-22)18(2,19)21-16-8-10-20-17-12-14(23)6-7-15(16)17/h6-8,10,12-13,22-23H,3-5,9,11,19H2,1-2H3,(H,20,21). The van der Waals surface area contributed by atoms with Gasteiger partial charge in [-0.1, -0.05) is 19.8 Å². The number of rotatable bonds is 8. The summed E-state index contributed by atoms with van der Waals surface area (Å²) in [5.74, 6) is 0.367. The molecule has 1 aromatic carbocycles. The maximum atomic E-state index is 9.60. The molecule has 5 N–H and O–H groups in total. The molecule has 2 atom stereocenters. The van der Waals surface area contributed by atoms with Crippen LogP contribution in [0.25, 0.3) is 10.9 Å². The smallest absolute Gasteiger partial charge is 0.117 e. The van der Waals surface area contributed by atoms with Crippen LogP contribution in [0, 0.1) is 5.92 Å². The molecule has 126 valence electrons. The van der Waals surface area contributed by atoms with Crippen molar-refractivity contribution in [2.75, 3.05) is 11.9 Å². The van der Waals surface area contributed by atoms with Crippen LogP contribution in [0.5, 0.6) is 5.75 Å². The summed E-state index contributed by atoms with van der Waals surface area (Å²) < 4.78 is 0. The molecular formula is C18H27N3O2. The molecule has 0 saturated heterocycles. The van der Waals surface area contributed by atoms with Crippen molar-refractivity contribution in [3.05, 3.63) is 30.5 Å². The van der Waals surface area contributed by atoms with Crippen molar-refractivity contribution < 1.29 is 10.2 Å². The minimum atomic E-state index is -0.635. The molecule has 0 saturated carbocycles. The van der Waals surface area contributed by atoms with Gasteiger partial charge in [-0.25, -0.2) is 0 Å². The molecule has 0 aliphatic rings. The van der Waals surface area contributed by atoms with Crippen molar-refractivity contribution in [2.24, 2.45) is 11.7 Å². The van der Waals surface area contributed by atoms with Crippen molar-refractivity contribution in [1.82, 2.24) is 4.98 Å². The van der Waals surface area contributed by atoms with Gasteiger partial charge >= 0.3 is 0 Å². The largest absolute Gasteiger partial charge is 0.508 e. The van der Waals surface area contributed by atoms with E-state index in [1.807, 2.05) is 19.1 Å². The van der Waals surface area contributed by atoms with Crippen LogP contribution >= 0.6 is 0 Å². The maximum Gasteiger partial charge on any atom is 0.117 e. The van der Waals surface area contributed by atoms with Gasteiger partial charge in [-0.15, -0.1) is 0 Å². The third-order valence-corrected chi connectivity index (χ3v) is 4.36. The fourth-order valence-corrected chi connectivity index (χ4v) is 2.99. The zero-order valence-corrected chi connectivity index (χ0v) is 13.9. The number of pyridine rings is 1. The SMILES string of the molecule is CCCCC(CCO)C(C)(N)Nc1ccnc2cc(O)ccc12. The van der Waals surface area contributed by atoms with Crippen LogP contribution in [0.1, 0.15) is 39.5 Å². The van der Waals surface area contributed by atoms with Gasteiger partial charge in [-0.05, 0) is 43.9 Å². The topological polar surface area (TPSA) is 91.4 Å². The van der Waals surface area contributed by atoms with Crippen LogP contribution in [-0.2, 0) is 0 Å². The fraction of sp³-hybridized carbons (Fsp3) is 0.500. The molecule has 0 radical (unpaired) electrons. The predicted octanol–water partition coefficient (Wildman–Crippen LogP) is 3.22. The molecule has 0 fully saturated rings. The number of fused-ring (bicyclic) bond motifs is 1. The molecule has 5 heteroatoms. The van der Waals surface area contributed by atoms with Crippen molar-refractivity contribution in [3.63, 3.8) is 0 Å². The van der Waals surface area contributed by atoms with Gasteiger partial charge in [0.05, 0.1) is 11.2 Å². The third kappa shape index (κ3) is 4.33. The molecule has 23 heavy (non-hydrogen) atoms. The van der Waals surface area contributed by atoms with Crippen LogP contribution < -0.4 is 11.1 Å². The summed E-state index contributed by atoms with van der Waals surface area (Å²) in [5, 5.41) is 23.3. The summed E-state index contributed by atoms with van der Waals surface area (Å²) in [5.41, 5.74) is 7.52. The molecular weight excluding hydrogens is 290 g/mol. The summed E-state index contributed by atoms with van der Waals surface area (Å²) in [4.78, 5) is 4.28. The number of hydrogen-bond acceptors (Lipinski definition) is 5. The van der Waals surface area contributed by atoms with E-state index in [0.29, 0.717) is 6.42 Å². The van der Waals surface area contributed by atoms with Crippen LogP contribution in [0.3, 0.4) is 0 Å². The summed E-state index contributed by atoms with van der Waals surface area (Å²) in [6, 6.07) is 7.01. The number of nitrogens with zero attached hydrogens (tertiary/aromatic N) is 1. The van der Waals surface area contributed by atoms with Gasteiger partial charge in [0.25, 0.3) is 0 Å². The number of aromatic hydroxyl groups is 1. The fourth-order valence-electron chi connectivity index (χ4n) is 2.99. The maximum absolute atomic E-state index is 9.60. The summed E-state index contributed by atoms with van der Waals surface area (Å²) in [6.07, 6.45) is 5.54. The van der Waals surface area contributed by atoms with E-state index in [1.54, 1.807) is 18.3 Å². The van der Waals surface area contributed by atoms with Gasteiger partial charge < -0.3 is 21.3 Å². The Labute approximate surface area is 137 Å². The summed E-state index contributed by atoms with van der Waals surface area (Å²) >= 11 is 0. The number of hydrogen-bond donors (Lipinski definition) is 4. The van der Waals surface area contributed by atoms with Crippen molar-refractivity contribution >= 4 is 16.6 Å². The lowest BCUT2D eigenvalue weighted by Crippen LogP contribution is -2.51. The summed E-state index contributed by atoms with van der Waals surface area (Å²) in [6.45, 7) is 4.25. The zero-order chi connectivity index (χ0) is 16.9. The first kappa shape index (κ1) is 17.5. The predicted molar refractivity (Wildman–Crippen MR) is 94.3 cm³/mol. The second kappa shape index (κ2) is 7.62. The monoisotopic (exact) mass is 317 g/mol. The van der Waals surface area contributed by atoms with Crippen LogP contribution in [0.15, 0.2) is 30.5 Å². The van der Waals surface area contributed by atoms with Gasteiger partial charge in [0.15, 0.2) is 0 Å². The minimum Gasteiger partial charge on any atom is -0.508 e. The Morgan fingerprint density at radius 2 is 2.09 bits per heavy atom. The van der Waals surface area contributed by atoms with E-state index in [0.717, 1.165) is 35.9 Å². The molecule has 0 bridgehead atoms. The number of phenols is 1. The highest BCUT2D eigenvalue weighted by Crippen LogP contribution is 2.30. The number of aliphatic hydroxyl groups is 1. The van der Waals surface area contributed by atoms with Crippen LogP contribution in [-0.4, -0.2) is 27.5 Å². The Morgan fingerprint density at radius 3 is 2.78 bits per heavy atom. The van der Waals surface area contributed by atoms with Crippen molar-refractivity contribution in [2.45, 2.75) is 45.2 Å². The highest BCUT2D eigenvalue weighted by Gasteiger charge is 2.29. The molecule has 0 aliphatic heterocycles. The second-order valence-electron chi connectivity index (χ2n) is 6.32. The molecule has 0 spiro atoms. The number of unbranched alkanes of at least 4 members (excludes halogenated alkanes) is 1. The van der Waals surface area contributed by atoms with Gasteiger partial charge in [-0.2, -0.15) is 0 Å². The molecule has 0 aliphatic carbocycles. The number of nitrogens with one attached hydrogen (secondary N) is 1. The lowest BCUT2D eigenvalue weighted by atomic mass is 9.86. The van der Waals surface area contributed by atoms with Gasteiger partial charge in [0.1, 0.15) is 5.75 Å². The molecule has 2 rings (SSSR count). The van der Waals surface area contributed by atoms with Gasteiger partial charge in [0, 0.05) is 29.9 Å². The van der Waals surface area contributed by atoms with E-state index < -0.39 is 5.66 Å². The van der Waals surface area contributed by atoms with E-state index >= 15 is 0 Å². The highest BCUT2D eigenvalue weighted by molar-refractivity contribution is 5.92. The number of benzene rings is 1. The third-order valence-electron chi connectivity index (χ3n) is 4.36. The van der Waals surface area contributed by atoms with Gasteiger partial charge in [-0.3, -0.25) is 4.98 Å². The van der Waals surface area contributed by atoms with Crippen molar-refractivity contribution in [3.8, 4) is 5.75 Å². The van der Waals surface area contributed by atoms with Crippen molar-refractivity contribution in [1.29, 1.82) is 0 Å². The lowest BCUT2D eigenvalue weighted by molar-refractivity contribution is 0.207. The van der Waals surface area contributed by atoms with Gasteiger partial charge in [0.2, 0.25) is 0 Å². The Balaban J connectivity index is 2.28. The number of phenolic OH excluding ortho intramolecular Hbond substituents is 1. The van der Waals surface area contributed by atoms with E-state index in [4.69, 9.17) is 5.73 Å². The Kier molecular flexibility index (Phi) is 5.80. The molecule has 2 unspecified atom stereocenters. The molecule has 0 amide bonds. The Morgan fingerprint density at radius 1 is 1.30 bits per heavy atom. The van der Waals surface area contributed by atoms with E-state index in [-0.39, 0.29) is 18.3 Å². The summed E-state index contributed by atoms with van der Waals surface area (Å²) in [7, 11) is 0. The first-order chi connectivity index (χ1) is 11.0. The lowest BCUT2D eigenvalue weighted by Gasteiger charge is -2.36. The van der Waals surface area contributed by atoms with E-state index in [2.05, 4.69) is 17.2 Å². The number of aromatic nitrogens is 1. The number of anilines is 1. The molecule has 1 aromatic heterocycles. The second-order valence-corrected chi connectivity index (χ2v) is 6.32. The minimum absolute atomic E-state index is 0.133. The highest BCUT2D eigenvalue weighted by atomic mass is 16.3. The normalized spacial score (nSPS) is 15.3. The van der Waals surface area contributed by atoms with Crippen LogP contribution in [0.4, 0.5) is 5.69 Å². The molecule has 5 nitrogen and oxygen atoms in total. The van der Waals surface area contributed by atoms with E-state index in [1.165, 1.54) is 0 Å². The molecule has 2 aromatic rings. The molecule has 1 heterocycles. The first-order valence-corrected chi connectivity index (χ1v) is 8.23. The average molecular weight is 317 g/mol. The number of aliphatic hydroxyl groups excluding tert-OH is 1. The first-order valence-electron chi connectivity index (χ1n) is 8.23. The van der Waals surface area contributed by atoms with E-state index in [9.17, 15) is 10.2 Å². The zero-order valence-electron chi connectivity index (χ0n) is 13.9. The quantitative estimate of drug-likeness (QED) is 0.561.